The van der Waals surface area contributed by atoms with E-state index in [4.69, 9.17) is 49.3 Å². The van der Waals surface area contributed by atoms with Crippen molar-refractivity contribution in [1.29, 1.82) is 0 Å². The SMILES string of the molecule is COc1ccc(C(=O)N(CC(C)(C)CCn2cc(COCCOCCOCCOCCOCC(=O)NCC[N+](C)(CCC(=O)NCCN)CCC(=O)NCCN)nn2)c2cccc(C)n2)c(N2CCC(c3cc4ccc([C@@H](CC(=O)O)C5CC5)cc4o3)CC2)c1. The van der Waals surface area contributed by atoms with Crippen LogP contribution >= 0.6 is 0 Å². The minimum atomic E-state index is -0.775. The monoisotopic (exact) mass is 1250 g/mol. The van der Waals surface area contributed by atoms with E-state index < -0.39 is 5.97 Å². The Labute approximate surface area is 528 Å². The van der Waals surface area contributed by atoms with Gasteiger partial charge >= 0.3 is 5.97 Å². The van der Waals surface area contributed by atoms with Crippen LogP contribution in [0.25, 0.3) is 11.0 Å². The van der Waals surface area contributed by atoms with Crippen LogP contribution in [0.2, 0.25) is 0 Å². The summed E-state index contributed by atoms with van der Waals surface area (Å²) in [5.41, 5.74) is 15.3. The third-order valence-electron chi connectivity index (χ3n) is 16.5. The van der Waals surface area contributed by atoms with Gasteiger partial charge in [0.1, 0.15) is 35.2 Å². The first-order chi connectivity index (χ1) is 43.4. The fourth-order valence-electron chi connectivity index (χ4n) is 11.1. The number of furan rings is 1. The molecule has 8 N–H and O–H groups in total. The lowest BCUT2D eigenvalue weighted by molar-refractivity contribution is -0.907. The summed E-state index contributed by atoms with van der Waals surface area (Å²) in [5, 5.41) is 27.7. The maximum atomic E-state index is 15.1. The molecular formula is C65H97N12O13+. The van der Waals surface area contributed by atoms with Gasteiger partial charge in [-0.3, -0.25) is 33.6 Å². The number of rotatable bonds is 43. The van der Waals surface area contributed by atoms with Gasteiger partial charge in [0, 0.05) is 75.4 Å². The number of amides is 4. The fourth-order valence-corrected chi connectivity index (χ4v) is 11.1. The summed E-state index contributed by atoms with van der Waals surface area (Å²) in [6, 6.07) is 19.7. The highest BCUT2D eigenvalue weighted by Crippen LogP contribution is 2.46. The topological polar surface area (TPSA) is 312 Å². The van der Waals surface area contributed by atoms with Gasteiger partial charge in [-0.2, -0.15) is 0 Å². The highest BCUT2D eigenvalue weighted by Gasteiger charge is 2.35. The highest BCUT2D eigenvalue weighted by molar-refractivity contribution is 6.09. The zero-order valence-corrected chi connectivity index (χ0v) is 53.4. The highest BCUT2D eigenvalue weighted by atomic mass is 16.6. The Hall–Kier alpha value is -7.10. The lowest BCUT2D eigenvalue weighted by Crippen LogP contribution is -2.52. The van der Waals surface area contributed by atoms with Crippen molar-refractivity contribution < 1.29 is 66.4 Å². The number of likely N-dealkylation sites (N-methyl/N-ethyl adjacent to an activating group) is 1. The van der Waals surface area contributed by atoms with E-state index in [-0.39, 0.29) is 80.0 Å². The zero-order valence-electron chi connectivity index (χ0n) is 53.4. The summed E-state index contributed by atoms with van der Waals surface area (Å²) in [4.78, 5) is 72.7. The van der Waals surface area contributed by atoms with Crippen LogP contribution in [-0.4, -0.2) is 205 Å². The number of ether oxygens (including phenoxy) is 6. The molecule has 25 heteroatoms. The first-order valence-electron chi connectivity index (χ1n) is 31.7. The van der Waals surface area contributed by atoms with Crippen LogP contribution in [0.15, 0.2) is 71.3 Å². The van der Waals surface area contributed by atoms with Crippen LogP contribution in [0.3, 0.4) is 0 Å². The van der Waals surface area contributed by atoms with Crippen LogP contribution in [0, 0.1) is 18.3 Å². The van der Waals surface area contributed by atoms with Crippen molar-refractivity contribution in [1.82, 2.24) is 35.9 Å². The van der Waals surface area contributed by atoms with Gasteiger partial charge in [0.05, 0.1) is 137 Å². The van der Waals surface area contributed by atoms with Crippen LogP contribution in [0.1, 0.15) is 110 Å². The predicted octanol–water partition coefficient (Wildman–Crippen LogP) is 4.93. The lowest BCUT2D eigenvalue weighted by atomic mass is 9.88. The largest absolute Gasteiger partial charge is 0.497 e. The van der Waals surface area contributed by atoms with Crippen LogP contribution < -0.4 is 42.0 Å². The number of pyridine rings is 1. The van der Waals surface area contributed by atoms with Gasteiger partial charge in [-0.1, -0.05) is 37.3 Å². The number of benzene rings is 2. The number of nitrogens with one attached hydrogen (secondary N) is 3. The number of hydrogen-bond donors (Lipinski definition) is 6. The van der Waals surface area contributed by atoms with Gasteiger partial charge in [-0.15, -0.1) is 5.10 Å². The third kappa shape index (κ3) is 23.3. The van der Waals surface area contributed by atoms with Crippen molar-refractivity contribution in [3.8, 4) is 5.75 Å². The number of carbonyl (C=O) groups excluding carboxylic acids is 4. The molecule has 494 valence electrons. The van der Waals surface area contributed by atoms with Crippen molar-refractivity contribution in [3.63, 3.8) is 0 Å². The van der Waals surface area contributed by atoms with Crippen LogP contribution in [-0.2, 0) is 56.0 Å². The number of carboxylic acid groups (broad SMARTS) is 1. The summed E-state index contributed by atoms with van der Waals surface area (Å²) in [6.45, 7) is 14.8. The van der Waals surface area contributed by atoms with E-state index in [9.17, 15) is 24.3 Å². The Morgan fingerprint density at radius 1 is 0.789 bits per heavy atom. The number of carbonyl (C=O) groups is 5. The second kappa shape index (κ2) is 36.1. The Morgan fingerprint density at radius 2 is 1.43 bits per heavy atom. The number of hydrogen-bond acceptors (Lipinski definition) is 18. The summed E-state index contributed by atoms with van der Waals surface area (Å²) >= 11 is 0. The standard InChI is InChI=1S/C65H96N12O13/c1-47-7-6-8-59(71-47)76(64(83)54-14-13-53(84-5)41-56(54)74-25-15-49(16-26-74)57-40-51-12-11-50(39-58(51)90-57)55(42-63(81)82)48-9-10-48)46-65(2,3)19-27-75-43-52(72-73-75)44-88-37-35-86-33-31-85-32-34-87-36-38-89-45-62(80)70-24-30-77(4,28-17-60(78)68-22-20-66)29-18-61(79)69-23-21-67/h6-8,11-14,39-41,43,48-49,55H,9-10,15-38,42,44-46,66-67H2,1-5H3,(H3-,68,69,70,78,79,80,81,82)/p+1/t55-/m0/s1. The van der Waals surface area contributed by atoms with Gasteiger partial charge in [0.15, 0.2) is 0 Å². The molecule has 0 spiro atoms. The third-order valence-corrected chi connectivity index (χ3v) is 16.5. The van der Waals surface area contributed by atoms with E-state index in [1.54, 1.807) is 16.7 Å². The molecule has 1 aliphatic heterocycles. The van der Waals surface area contributed by atoms with Gasteiger partial charge in [-0.05, 0) is 98.2 Å². The van der Waals surface area contributed by atoms with Crippen LogP contribution in [0.4, 0.5) is 11.5 Å². The van der Waals surface area contributed by atoms with Gasteiger partial charge < -0.3 is 74.7 Å². The van der Waals surface area contributed by atoms with Gasteiger partial charge in [0.25, 0.3) is 5.91 Å². The fraction of sp³-hybridized carbons (Fsp3) is 0.600. The van der Waals surface area contributed by atoms with E-state index in [1.807, 2.05) is 62.6 Å². The molecule has 4 heterocycles. The summed E-state index contributed by atoms with van der Waals surface area (Å²) < 4.78 is 42.6. The van der Waals surface area contributed by atoms with E-state index in [0.717, 1.165) is 59.4 Å². The lowest BCUT2D eigenvalue weighted by Gasteiger charge is -2.36. The molecule has 0 radical (unpaired) electrons. The molecule has 1 saturated heterocycles. The zero-order chi connectivity index (χ0) is 64.3. The average molecular weight is 1250 g/mol. The number of nitrogens with two attached hydrogens (primary N) is 2. The molecule has 2 aliphatic rings. The molecule has 3 aromatic heterocycles. The van der Waals surface area contributed by atoms with Crippen LogP contribution in [0.5, 0.6) is 5.75 Å². The van der Waals surface area contributed by atoms with Crippen molar-refractivity contribution in [2.75, 3.05) is 155 Å². The van der Waals surface area contributed by atoms with E-state index in [1.165, 1.54) is 0 Å². The molecule has 0 unspecified atom stereocenters. The second-order valence-electron chi connectivity index (χ2n) is 24.4. The molecule has 25 nitrogen and oxygen atoms in total. The molecule has 1 aliphatic carbocycles. The van der Waals surface area contributed by atoms with E-state index in [2.05, 4.69) is 63.2 Å². The Kier molecular flexibility index (Phi) is 28.2. The molecule has 0 bridgehead atoms. The number of piperidine rings is 1. The molecule has 4 amide bonds. The summed E-state index contributed by atoms with van der Waals surface area (Å²) in [7, 11) is 3.59. The number of nitrogens with zero attached hydrogens (tertiary/aromatic N) is 7. The first-order valence-corrected chi connectivity index (χ1v) is 31.7. The molecule has 1 saturated carbocycles. The van der Waals surface area contributed by atoms with Crippen molar-refractivity contribution in [2.45, 2.75) is 97.1 Å². The minimum absolute atomic E-state index is 0.00146. The van der Waals surface area contributed by atoms with Gasteiger partial charge in [0.2, 0.25) is 17.7 Å². The van der Waals surface area contributed by atoms with Crippen molar-refractivity contribution in [2.24, 2.45) is 22.8 Å². The quantitative estimate of drug-likeness (QED) is 0.0223. The van der Waals surface area contributed by atoms with Gasteiger partial charge in [-0.25, -0.2) is 4.98 Å². The smallest absolute Gasteiger partial charge is 0.303 e. The Balaban J connectivity index is 0.772. The average Bonchev–Trinajstić information content (AvgIpc) is 1.58. The van der Waals surface area contributed by atoms with Crippen molar-refractivity contribution >= 4 is 52.1 Å². The Bertz CT molecular complexity index is 3030. The molecule has 2 aromatic carbocycles. The molecule has 7 rings (SSSR count). The maximum absolute atomic E-state index is 15.1. The number of fused-ring (bicyclic) bond motifs is 1. The normalized spacial score (nSPS) is 14.2. The minimum Gasteiger partial charge on any atom is -0.497 e. The number of methoxy groups -OCH3 is 1. The number of aryl methyl sites for hydroxylation is 2. The van der Waals surface area contributed by atoms with Crippen molar-refractivity contribution in [3.05, 3.63) is 95.1 Å². The molecule has 2 fully saturated rings. The number of quaternary nitrogens is 1. The summed E-state index contributed by atoms with van der Waals surface area (Å²) in [6.07, 6.45) is 6.99. The molecule has 1 atom stereocenters. The summed E-state index contributed by atoms with van der Waals surface area (Å²) in [5.74, 6) is 1.34. The second-order valence-corrected chi connectivity index (χ2v) is 24.4. The number of anilines is 2. The number of aliphatic carboxylic acids is 1. The maximum Gasteiger partial charge on any atom is 0.303 e. The molecular weight excluding hydrogens is 1160 g/mol. The number of carboxylic acids is 1. The molecule has 90 heavy (non-hydrogen) atoms. The number of aromatic nitrogens is 4. The predicted molar refractivity (Wildman–Crippen MR) is 340 cm³/mol. The Morgan fingerprint density at radius 3 is 2.06 bits per heavy atom. The first kappa shape index (κ1) is 70.4. The molecule has 5 aromatic rings. The van der Waals surface area contributed by atoms with E-state index in [0.29, 0.717) is 164 Å². The van der Waals surface area contributed by atoms with E-state index >= 15 is 4.79 Å².